The van der Waals surface area contributed by atoms with Crippen LogP contribution in [0.3, 0.4) is 0 Å². The number of aliphatic carboxylic acids is 1. The maximum Gasteiger partial charge on any atom is 0.326 e. The Hall–Kier alpha value is -2.11. The van der Waals surface area contributed by atoms with E-state index in [0.29, 0.717) is 25.8 Å². The van der Waals surface area contributed by atoms with Crippen molar-refractivity contribution in [2.75, 3.05) is 13.6 Å². The molecule has 110 valence electrons. The van der Waals surface area contributed by atoms with Crippen LogP contribution in [0.25, 0.3) is 0 Å². The van der Waals surface area contributed by atoms with Crippen molar-refractivity contribution in [2.45, 2.75) is 32.2 Å². The highest BCUT2D eigenvalue weighted by atomic mass is 16.4. The number of urea groups is 1. The first-order valence-electron chi connectivity index (χ1n) is 6.68. The highest BCUT2D eigenvalue weighted by Gasteiger charge is 2.20. The van der Waals surface area contributed by atoms with Gasteiger partial charge in [0.1, 0.15) is 6.04 Å². The molecule has 1 rings (SSSR count). The van der Waals surface area contributed by atoms with E-state index in [4.69, 9.17) is 5.11 Å². The van der Waals surface area contributed by atoms with Crippen molar-refractivity contribution >= 4 is 12.0 Å². The van der Waals surface area contributed by atoms with Gasteiger partial charge in [0.15, 0.2) is 0 Å². The number of nitrogens with zero attached hydrogens (tertiary/aromatic N) is 2. The Bertz CT molecular complexity index is 437. The Labute approximate surface area is 118 Å². The lowest BCUT2D eigenvalue weighted by Crippen LogP contribution is -2.47. The van der Waals surface area contributed by atoms with Crippen LogP contribution in [0, 0.1) is 0 Å². The quantitative estimate of drug-likeness (QED) is 0.792. The fourth-order valence-electron chi connectivity index (χ4n) is 1.75. The fraction of sp³-hybridized carbons (Fsp3) is 0.500. The number of nitrogens with one attached hydrogen (secondary N) is 1. The average molecular weight is 279 g/mol. The van der Waals surface area contributed by atoms with Crippen LogP contribution < -0.4 is 5.32 Å². The van der Waals surface area contributed by atoms with Gasteiger partial charge < -0.3 is 15.3 Å². The zero-order valence-electron chi connectivity index (χ0n) is 11.9. The van der Waals surface area contributed by atoms with Gasteiger partial charge in [-0.05, 0) is 30.5 Å². The number of rotatable bonds is 7. The van der Waals surface area contributed by atoms with Crippen LogP contribution in [0.4, 0.5) is 4.79 Å². The normalized spacial score (nSPS) is 11.7. The number of carboxylic acids is 1. The highest BCUT2D eigenvalue weighted by molar-refractivity contribution is 5.82. The molecule has 6 heteroatoms. The zero-order valence-corrected chi connectivity index (χ0v) is 11.9. The predicted octanol–water partition coefficient (Wildman–Crippen LogP) is 1.52. The van der Waals surface area contributed by atoms with E-state index in [2.05, 4.69) is 10.3 Å². The minimum Gasteiger partial charge on any atom is -0.480 e. The van der Waals surface area contributed by atoms with E-state index in [0.717, 1.165) is 5.56 Å². The minimum atomic E-state index is -0.997. The van der Waals surface area contributed by atoms with Gasteiger partial charge in [0.05, 0.1) is 0 Å². The molecule has 0 fully saturated rings. The monoisotopic (exact) mass is 279 g/mol. The third-order valence-electron chi connectivity index (χ3n) is 3.01. The number of likely N-dealkylation sites (N-methyl/N-ethyl adjacent to an activating group) is 1. The molecular formula is C14H21N3O3. The number of amides is 2. The highest BCUT2D eigenvalue weighted by Crippen LogP contribution is 2.01. The summed E-state index contributed by atoms with van der Waals surface area (Å²) in [6.07, 6.45) is 5.25. The molecule has 0 saturated carbocycles. The Kier molecular flexibility index (Phi) is 6.49. The van der Waals surface area contributed by atoms with Gasteiger partial charge in [-0.1, -0.05) is 13.3 Å². The van der Waals surface area contributed by atoms with Gasteiger partial charge in [-0.15, -0.1) is 0 Å². The van der Waals surface area contributed by atoms with Crippen LogP contribution in [-0.4, -0.2) is 46.6 Å². The van der Waals surface area contributed by atoms with E-state index in [9.17, 15) is 9.59 Å². The molecule has 2 amide bonds. The van der Waals surface area contributed by atoms with Gasteiger partial charge in [-0.2, -0.15) is 0 Å². The third-order valence-corrected chi connectivity index (χ3v) is 3.01. The number of pyridine rings is 1. The summed E-state index contributed by atoms with van der Waals surface area (Å²) in [5.41, 5.74) is 1.09. The Balaban J connectivity index is 2.44. The number of aromatic nitrogens is 1. The second kappa shape index (κ2) is 8.14. The van der Waals surface area contributed by atoms with E-state index in [1.165, 1.54) is 4.90 Å². The van der Waals surface area contributed by atoms with Crippen LogP contribution in [0.1, 0.15) is 25.3 Å². The molecule has 0 saturated heterocycles. The largest absolute Gasteiger partial charge is 0.480 e. The first-order chi connectivity index (χ1) is 9.54. The van der Waals surface area contributed by atoms with Crippen molar-refractivity contribution in [1.29, 1.82) is 0 Å². The van der Waals surface area contributed by atoms with Crippen LogP contribution >= 0.6 is 0 Å². The summed E-state index contributed by atoms with van der Waals surface area (Å²) in [6.45, 7) is 2.41. The maximum atomic E-state index is 11.9. The summed E-state index contributed by atoms with van der Waals surface area (Å²) in [4.78, 5) is 28.3. The van der Waals surface area contributed by atoms with Crippen LogP contribution in [0.2, 0.25) is 0 Å². The molecule has 1 aromatic rings. The molecule has 0 aliphatic heterocycles. The standard InChI is InChI=1S/C14H21N3O3/c1-3-4-12(13(18)19)16-14(20)17(2)10-7-11-5-8-15-9-6-11/h5-6,8-9,12H,3-4,7,10H2,1-2H3,(H,16,20)(H,18,19). The minimum absolute atomic E-state index is 0.361. The van der Waals surface area contributed by atoms with Crippen LogP contribution in [0.5, 0.6) is 0 Å². The number of carbonyl (C=O) groups is 2. The molecular weight excluding hydrogens is 258 g/mol. The number of carbonyl (C=O) groups excluding carboxylic acids is 1. The van der Waals surface area contributed by atoms with Crippen molar-refractivity contribution in [2.24, 2.45) is 0 Å². The van der Waals surface area contributed by atoms with Gasteiger partial charge in [-0.3, -0.25) is 4.98 Å². The molecule has 0 bridgehead atoms. The molecule has 2 N–H and O–H groups in total. The maximum absolute atomic E-state index is 11.9. The Morgan fingerprint density at radius 3 is 2.60 bits per heavy atom. The van der Waals surface area contributed by atoms with E-state index >= 15 is 0 Å². The van der Waals surface area contributed by atoms with E-state index in [-0.39, 0.29) is 6.03 Å². The van der Waals surface area contributed by atoms with Gasteiger partial charge in [-0.25, -0.2) is 9.59 Å². The lowest BCUT2D eigenvalue weighted by atomic mass is 10.2. The van der Waals surface area contributed by atoms with Crippen molar-refractivity contribution < 1.29 is 14.7 Å². The van der Waals surface area contributed by atoms with E-state index < -0.39 is 12.0 Å². The lowest BCUT2D eigenvalue weighted by Gasteiger charge is -2.21. The third kappa shape index (κ3) is 5.26. The Morgan fingerprint density at radius 2 is 2.05 bits per heavy atom. The molecule has 20 heavy (non-hydrogen) atoms. The van der Waals surface area contributed by atoms with Gasteiger partial charge in [0.25, 0.3) is 0 Å². The predicted molar refractivity (Wildman–Crippen MR) is 75.4 cm³/mol. The second-order valence-corrected chi connectivity index (χ2v) is 4.66. The van der Waals surface area contributed by atoms with Crippen molar-refractivity contribution in [3.05, 3.63) is 30.1 Å². The van der Waals surface area contributed by atoms with Crippen LogP contribution in [-0.2, 0) is 11.2 Å². The van der Waals surface area contributed by atoms with Crippen molar-refractivity contribution in [3.63, 3.8) is 0 Å². The average Bonchev–Trinajstić information content (AvgIpc) is 2.45. The first kappa shape index (κ1) is 15.9. The summed E-state index contributed by atoms with van der Waals surface area (Å²) >= 11 is 0. The SMILES string of the molecule is CCCC(NC(=O)N(C)CCc1ccncc1)C(=O)O. The fourth-order valence-corrected chi connectivity index (χ4v) is 1.75. The van der Waals surface area contributed by atoms with Gasteiger partial charge in [0, 0.05) is 26.0 Å². The molecule has 6 nitrogen and oxygen atoms in total. The summed E-state index contributed by atoms with van der Waals surface area (Å²) in [5.74, 6) is -0.997. The first-order valence-corrected chi connectivity index (χ1v) is 6.68. The van der Waals surface area contributed by atoms with Crippen LogP contribution in [0.15, 0.2) is 24.5 Å². The summed E-state index contributed by atoms with van der Waals surface area (Å²) in [7, 11) is 1.65. The lowest BCUT2D eigenvalue weighted by molar-refractivity contribution is -0.139. The van der Waals surface area contributed by atoms with E-state index in [1.54, 1.807) is 19.4 Å². The molecule has 0 radical (unpaired) electrons. The molecule has 0 aliphatic carbocycles. The zero-order chi connectivity index (χ0) is 15.0. The van der Waals surface area contributed by atoms with Crippen molar-refractivity contribution in [3.8, 4) is 0 Å². The smallest absolute Gasteiger partial charge is 0.326 e. The number of hydrogen-bond acceptors (Lipinski definition) is 3. The molecule has 1 heterocycles. The molecule has 1 aromatic heterocycles. The molecule has 1 atom stereocenters. The Morgan fingerprint density at radius 1 is 1.40 bits per heavy atom. The molecule has 0 aromatic carbocycles. The molecule has 0 aliphatic rings. The summed E-state index contributed by atoms with van der Waals surface area (Å²) < 4.78 is 0. The number of hydrogen-bond donors (Lipinski definition) is 2. The molecule has 0 spiro atoms. The number of carboxylic acid groups (broad SMARTS) is 1. The molecule has 1 unspecified atom stereocenters. The summed E-state index contributed by atoms with van der Waals surface area (Å²) in [6, 6.07) is 2.60. The van der Waals surface area contributed by atoms with Crippen molar-refractivity contribution in [1.82, 2.24) is 15.2 Å². The summed E-state index contributed by atoms with van der Waals surface area (Å²) in [5, 5.41) is 11.5. The van der Waals surface area contributed by atoms with Gasteiger partial charge in [0.2, 0.25) is 0 Å². The van der Waals surface area contributed by atoms with E-state index in [1.807, 2.05) is 19.1 Å². The second-order valence-electron chi connectivity index (χ2n) is 4.66. The topological polar surface area (TPSA) is 82.5 Å². The van der Waals surface area contributed by atoms with Gasteiger partial charge >= 0.3 is 12.0 Å².